The van der Waals surface area contributed by atoms with Crippen molar-refractivity contribution in [2.45, 2.75) is 0 Å². The van der Waals surface area contributed by atoms with E-state index in [1.165, 1.54) is 6.07 Å². The van der Waals surface area contributed by atoms with Gasteiger partial charge in [0.25, 0.3) is 0 Å². The number of ether oxygens (including phenoxy) is 1. The molecule has 2 rings (SSSR count). The first-order valence-electron chi connectivity index (χ1n) is 4.01. The molecule has 0 saturated carbocycles. The fraction of sp³-hybridized carbons (Fsp3) is 0.100. The quantitative estimate of drug-likeness (QED) is 0.605. The second-order valence-electron chi connectivity index (χ2n) is 2.92. The number of nitriles is 1. The lowest BCUT2D eigenvalue weighted by Gasteiger charge is -2.15. The first-order valence-corrected chi connectivity index (χ1v) is 4.01. The minimum Gasteiger partial charge on any atom is -0.504 e. The van der Waals surface area contributed by atoms with Gasteiger partial charge in [-0.25, -0.2) is 0 Å². The molecule has 2 N–H and O–H groups in total. The van der Waals surface area contributed by atoms with Crippen LogP contribution in [0, 0.1) is 11.3 Å². The molecule has 0 aliphatic carbocycles. The second-order valence-corrected chi connectivity index (χ2v) is 2.92. The highest BCUT2D eigenvalue weighted by Crippen LogP contribution is 2.40. The third-order valence-electron chi connectivity index (χ3n) is 1.99. The van der Waals surface area contributed by atoms with Gasteiger partial charge in [-0.15, -0.1) is 0 Å². The Morgan fingerprint density at radius 1 is 1.36 bits per heavy atom. The van der Waals surface area contributed by atoms with E-state index in [2.05, 4.69) is 0 Å². The monoisotopic (exact) mass is 189 g/mol. The van der Waals surface area contributed by atoms with E-state index in [4.69, 9.17) is 10.00 Å². The summed E-state index contributed by atoms with van der Waals surface area (Å²) in [6, 6.07) is 4.91. The Labute approximate surface area is 80.3 Å². The molecule has 1 aromatic rings. The molecule has 4 heteroatoms. The fourth-order valence-electron chi connectivity index (χ4n) is 1.29. The van der Waals surface area contributed by atoms with Crippen molar-refractivity contribution in [3.05, 3.63) is 23.3 Å². The Morgan fingerprint density at radius 3 is 2.86 bits per heavy atom. The van der Waals surface area contributed by atoms with Crippen LogP contribution in [0.1, 0.15) is 5.56 Å². The van der Waals surface area contributed by atoms with E-state index in [1.807, 2.05) is 6.07 Å². The van der Waals surface area contributed by atoms with E-state index >= 15 is 0 Å². The van der Waals surface area contributed by atoms with E-state index < -0.39 is 0 Å². The van der Waals surface area contributed by atoms with Crippen molar-refractivity contribution < 1.29 is 14.9 Å². The number of hydrogen-bond donors (Lipinski definition) is 2. The molecule has 0 fully saturated rings. The average Bonchev–Trinajstić information content (AvgIpc) is 2.23. The summed E-state index contributed by atoms with van der Waals surface area (Å²) in [6.07, 6.45) is 1.62. The van der Waals surface area contributed by atoms with Gasteiger partial charge in [0.15, 0.2) is 11.5 Å². The van der Waals surface area contributed by atoms with Crippen LogP contribution in [0.5, 0.6) is 17.2 Å². The van der Waals surface area contributed by atoms with E-state index in [-0.39, 0.29) is 23.9 Å². The minimum atomic E-state index is -0.282. The van der Waals surface area contributed by atoms with Crippen LogP contribution in [0.4, 0.5) is 0 Å². The van der Waals surface area contributed by atoms with Crippen LogP contribution in [0.3, 0.4) is 0 Å². The van der Waals surface area contributed by atoms with Crippen molar-refractivity contribution in [1.29, 1.82) is 5.26 Å². The van der Waals surface area contributed by atoms with Crippen molar-refractivity contribution >= 4 is 6.08 Å². The Kier molecular flexibility index (Phi) is 1.79. The number of benzene rings is 1. The highest BCUT2D eigenvalue weighted by Gasteiger charge is 2.17. The maximum atomic E-state index is 9.42. The maximum Gasteiger partial charge on any atom is 0.201 e. The summed E-state index contributed by atoms with van der Waals surface area (Å²) in [7, 11) is 0. The van der Waals surface area contributed by atoms with Gasteiger partial charge in [-0.1, -0.05) is 0 Å². The van der Waals surface area contributed by atoms with Gasteiger partial charge in [0.1, 0.15) is 6.61 Å². The van der Waals surface area contributed by atoms with E-state index in [1.54, 1.807) is 12.1 Å². The zero-order chi connectivity index (χ0) is 10.1. The Hall–Kier alpha value is -2.15. The molecule has 0 amide bonds. The average molecular weight is 189 g/mol. The van der Waals surface area contributed by atoms with E-state index in [0.29, 0.717) is 11.1 Å². The van der Waals surface area contributed by atoms with Crippen molar-refractivity contribution in [1.82, 2.24) is 0 Å². The number of fused-ring (bicyclic) bond motifs is 1. The van der Waals surface area contributed by atoms with Crippen LogP contribution >= 0.6 is 0 Å². The van der Waals surface area contributed by atoms with Crippen LogP contribution in [-0.4, -0.2) is 16.8 Å². The molecule has 0 unspecified atom stereocenters. The van der Waals surface area contributed by atoms with Crippen LogP contribution < -0.4 is 4.74 Å². The summed E-state index contributed by atoms with van der Waals surface area (Å²) in [6.45, 7) is 0.126. The van der Waals surface area contributed by atoms with Crippen LogP contribution in [0.15, 0.2) is 17.7 Å². The van der Waals surface area contributed by atoms with Crippen molar-refractivity contribution in [2.24, 2.45) is 0 Å². The molecule has 1 aromatic carbocycles. The molecule has 1 aliphatic heterocycles. The van der Waals surface area contributed by atoms with E-state index in [9.17, 15) is 10.2 Å². The molecule has 0 spiro atoms. The summed E-state index contributed by atoms with van der Waals surface area (Å²) in [5, 5.41) is 27.2. The smallest absolute Gasteiger partial charge is 0.201 e. The number of hydrogen-bond acceptors (Lipinski definition) is 4. The predicted molar refractivity (Wildman–Crippen MR) is 48.9 cm³/mol. The third kappa shape index (κ3) is 1.15. The molecule has 4 nitrogen and oxygen atoms in total. The Morgan fingerprint density at radius 2 is 2.14 bits per heavy atom. The van der Waals surface area contributed by atoms with Gasteiger partial charge in [-0.3, -0.25) is 0 Å². The van der Waals surface area contributed by atoms with Gasteiger partial charge in [0.2, 0.25) is 5.75 Å². The van der Waals surface area contributed by atoms with Crippen molar-refractivity contribution in [2.75, 3.05) is 6.61 Å². The van der Waals surface area contributed by atoms with E-state index in [0.717, 1.165) is 0 Å². The first kappa shape index (κ1) is 8.45. The molecular formula is C10H7NO3. The van der Waals surface area contributed by atoms with Gasteiger partial charge in [-0.2, -0.15) is 5.26 Å². The van der Waals surface area contributed by atoms with Gasteiger partial charge in [0.05, 0.1) is 11.6 Å². The lowest BCUT2D eigenvalue weighted by Crippen LogP contribution is -2.05. The van der Waals surface area contributed by atoms with Gasteiger partial charge in [0, 0.05) is 5.56 Å². The molecule has 0 saturated heterocycles. The van der Waals surface area contributed by atoms with Gasteiger partial charge >= 0.3 is 0 Å². The molecule has 0 aromatic heterocycles. The number of phenols is 2. The summed E-state index contributed by atoms with van der Waals surface area (Å²) in [4.78, 5) is 0. The summed E-state index contributed by atoms with van der Waals surface area (Å²) < 4.78 is 5.14. The summed E-state index contributed by atoms with van der Waals surface area (Å²) in [5.74, 6) is -0.280. The standard InChI is InChI=1S/C10H7NO3/c11-4-6-3-7-1-2-8(12)9(13)10(7)14-5-6/h1-3,12-13H,5H2. The largest absolute Gasteiger partial charge is 0.504 e. The number of nitrogens with zero attached hydrogens (tertiary/aromatic N) is 1. The number of rotatable bonds is 0. The normalized spacial score (nSPS) is 13.5. The molecule has 1 aliphatic rings. The SMILES string of the molecule is N#CC1=Cc2ccc(O)c(O)c2OC1. The van der Waals surface area contributed by atoms with Crippen molar-refractivity contribution in [3.63, 3.8) is 0 Å². The van der Waals surface area contributed by atoms with Crippen LogP contribution in [0.2, 0.25) is 0 Å². The molecule has 0 radical (unpaired) electrons. The summed E-state index contributed by atoms with van der Waals surface area (Å²) >= 11 is 0. The van der Waals surface area contributed by atoms with Gasteiger partial charge in [-0.05, 0) is 18.2 Å². The Balaban J connectivity index is 2.58. The van der Waals surface area contributed by atoms with Crippen molar-refractivity contribution in [3.8, 4) is 23.3 Å². The second kappa shape index (κ2) is 2.96. The predicted octanol–water partition coefficient (Wildman–Crippen LogP) is 1.40. The minimum absolute atomic E-state index is 0.126. The Bertz CT molecular complexity index is 457. The zero-order valence-corrected chi connectivity index (χ0v) is 7.19. The zero-order valence-electron chi connectivity index (χ0n) is 7.19. The number of aromatic hydroxyl groups is 2. The molecule has 0 atom stereocenters. The van der Waals surface area contributed by atoms with Gasteiger partial charge < -0.3 is 14.9 Å². The number of phenolic OH excluding ortho intramolecular Hbond substituents is 2. The first-order chi connectivity index (χ1) is 6.72. The highest BCUT2D eigenvalue weighted by molar-refractivity contribution is 5.70. The topological polar surface area (TPSA) is 73.5 Å². The molecule has 14 heavy (non-hydrogen) atoms. The highest BCUT2D eigenvalue weighted by atomic mass is 16.5. The molecular weight excluding hydrogens is 182 g/mol. The summed E-state index contributed by atoms with van der Waals surface area (Å²) in [5.41, 5.74) is 1.09. The molecule has 70 valence electrons. The van der Waals surface area contributed by atoms with Crippen LogP contribution in [-0.2, 0) is 0 Å². The van der Waals surface area contributed by atoms with Crippen LogP contribution in [0.25, 0.3) is 6.08 Å². The lowest BCUT2D eigenvalue weighted by atomic mass is 10.1. The third-order valence-corrected chi connectivity index (χ3v) is 1.99. The molecule has 1 heterocycles. The fourth-order valence-corrected chi connectivity index (χ4v) is 1.29. The molecule has 0 bridgehead atoms. The lowest BCUT2D eigenvalue weighted by molar-refractivity contribution is 0.316. The maximum absolute atomic E-state index is 9.42.